The fourth-order valence-corrected chi connectivity index (χ4v) is 12.4. The standard InChI is InChI=1S/C56H63F2N7O9S2/c1-54(2)15-13-36(43(29-54)49-24-37(33-75-49)50-44(57)25-38(26-45(50)58)55(3,4)53(67)73-6)32-63-19-21-64(22-20-63)39-7-9-42(48(27-39)74-40-23-35-14-18-59-51(35)61-31-40)52(66)62-76(71,72)41-8-10-46(47(28-41)65(69)70)60-30-34-11-16-56(5,68)17-12-34/h7-10,14,18,23-28,31,33-34,60,68H,11-13,15-17,19-22,29-30,32H2,1-6H3,(H,59,61)(H,62,66). The highest BCUT2D eigenvalue weighted by Gasteiger charge is 2.35. The molecular weight excluding hydrogens is 1020 g/mol. The number of hydrogen-bond donors (Lipinski definition) is 4. The summed E-state index contributed by atoms with van der Waals surface area (Å²) in [6.45, 7) is 13.1. The molecule has 0 spiro atoms. The molecule has 9 rings (SSSR count). The number of nitrogens with zero attached hydrogens (tertiary/aromatic N) is 4. The summed E-state index contributed by atoms with van der Waals surface area (Å²) in [7, 11) is -3.39. The van der Waals surface area contributed by atoms with Crippen molar-refractivity contribution in [3.8, 4) is 22.6 Å². The summed E-state index contributed by atoms with van der Waals surface area (Å²) < 4.78 is 72.5. The van der Waals surface area contributed by atoms with Gasteiger partial charge in [0.2, 0.25) is 0 Å². The van der Waals surface area contributed by atoms with Crippen molar-refractivity contribution in [1.82, 2.24) is 19.6 Å². The number of amides is 1. The van der Waals surface area contributed by atoms with E-state index in [4.69, 9.17) is 9.47 Å². The number of nitrogens with one attached hydrogen (secondary N) is 3. The lowest BCUT2D eigenvalue weighted by Crippen LogP contribution is -2.47. The maximum absolute atomic E-state index is 15.8. The van der Waals surface area contributed by atoms with Gasteiger partial charge in [0.15, 0.2) is 0 Å². The number of anilines is 2. The van der Waals surface area contributed by atoms with E-state index in [1.54, 1.807) is 50.5 Å². The van der Waals surface area contributed by atoms with Gasteiger partial charge in [-0.05, 0) is 154 Å². The first-order valence-electron chi connectivity index (χ1n) is 25.4. The summed E-state index contributed by atoms with van der Waals surface area (Å²) in [6, 6.07) is 16.2. The summed E-state index contributed by atoms with van der Waals surface area (Å²) in [5.41, 5.74) is 1.90. The summed E-state index contributed by atoms with van der Waals surface area (Å²) in [5.74, 6) is -2.57. The van der Waals surface area contributed by atoms with Crippen LogP contribution in [0.1, 0.15) is 100 Å². The molecule has 0 atom stereocenters. The highest BCUT2D eigenvalue weighted by atomic mass is 32.2. The van der Waals surface area contributed by atoms with Crippen LogP contribution in [0.5, 0.6) is 11.5 Å². The molecule has 2 fully saturated rings. The molecule has 20 heteroatoms. The van der Waals surface area contributed by atoms with E-state index in [0.29, 0.717) is 69.1 Å². The highest BCUT2D eigenvalue weighted by Crippen LogP contribution is 2.46. The molecule has 1 saturated heterocycles. The number of sulfonamides is 1. The van der Waals surface area contributed by atoms with Gasteiger partial charge in [0.05, 0.1) is 45.3 Å². The van der Waals surface area contributed by atoms with Crippen LogP contribution in [0, 0.1) is 33.1 Å². The van der Waals surface area contributed by atoms with E-state index in [1.165, 1.54) is 66.1 Å². The number of nitro benzene ring substituents is 1. The molecule has 0 radical (unpaired) electrons. The Morgan fingerprint density at radius 2 is 1.71 bits per heavy atom. The van der Waals surface area contributed by atoms with E-state index in [9.17, 15) is 33.2 Å². The van der Waals surface area contributed by atoms with Crippen LogP contribution in [-0.2, 0) is 25.0 Å². The number of thiophene rings is 1. The molecule has 2 aliphatic carbocycles. The largest absolute Gasteiger partial charge is 0.468 e. The van der Waals surface area contributed by atoms with Crippen LogP contribution in [0.25, 0.3) is 27.7 Å². The van der Waals surface area contributed by atoms with E-state index in [1.807, 2.05) is 12.1 Å². The van der Waals surface area contributed by atoms with E-state index in [0.717, 1.165) is 54.1 Å². The third-order valence-electron chi connectivity index (χ3n) is 15.3. The van der Waals surface area contributed by atoms with E-state index >= 15 is 8.78 Å². The number of H-pyrrole nitrogens is 1. The first-order valence-corrected chi connectivity index (χ1v) is 27.8. The van der Waals surface area contributed by atoms with Crippen LogP contribution in [0.2, 0.25) is 0 Å². The number of esters is 1. The number of allylic oxidation sites excluding steroid dienone is 1. The number of halogens is 2. The van der Waals surface area contributed by atoms with Crippen LogP contribution in [-0.4, -0.2) is 97.2 Å². The lowest BCUT2D eigenvalue weighted by molar-refractivity contribution is -0.384. The summed E-state index contributed by atoms with van der Waals surface area (Å²) in [5, 5.41) is 28.2. The molecule has 3 aliphatic rings. The van der Waals surface area contributed by atoms with Crippen LogP contribution < -0.4 is 19.7 Å². The third-order valence-corrected chi connectivity index (χ3v) is 17.6. The molecular formula is C56H63F2N7O9S2. The Bertz CT molecular complexity index is 3330. The molecule has 1 saturated carbocycles. The number of rotatable bonds is 16. The first kappa shape index (κ1) is 54.1. The van der Waals surface area contributed by atoms with E-state index in [2.05, 4.69) is 43.7 Å². The zero-order valence-electron chi connectivity index (χ0n) is 43.4. The molecule has 16 nitrogen and oxygen atoms in total. The molecule has 3 aromatic carbocycles. The maximum Gasteiger partial charge on any atom is 0.315 e. The quantitative estimate of drug-likeness (QED) is 0.0404. The van der Waals surface area contributed by atoms with Crippen molar-refractivity contribution in [3.05, 3.63) is 128 Å². The number of nitro groups is 1. The maximum atomic E-state index is 15.8. The molecule has 4 heterocycles. The Morgan fingerprint density at radius 1 is 0.987 bits per heavy atom. The van der Waals surface area contributed by atoms with Gasteiger partial charge in [0.25, 0.3) is 21.6 Å². The highest BCUT2D eigenvalue weighted by molar-refractivity contribution is 7.90. The van der Waals surface area contributed by atoms with Gasteiger partial charge >= 0.3 is 5.97 Å². The first-order chi connectivity index (χ1) is 36.0. The average Bonchev–Trinajstić information content (AvgIpc) is 4.06. The Hall–Kier alpha value is -6.74. The van der Waals surface area contributed by atoms with Gasteiger partial charge in [0, 0.05) is 73.5 Å². The number of aromatic amines is 1. The molecule has 3 aromatic heterocycles. The number of hydrogen-bond acceptors (Lipinski definition) is 14. The van der Waals surface area contributed by atoms with Crippen molar-refractivity contribution in [1.29, 1.82) is 0 Å². The molecule has 1 aliphatic heterocycles. The fourth-order valence-electron chi connectivity index (χ4n) is 10.5. The summed E-state index contributed by atoms with van der Waals surface area (Å²) in [4.78, 5) is 50.5. The van der Waals surface area contributed by atoms with Gasteiger partial charge < -0.3 is 29.8 Å². The summed E-state index contributed by atoms with van der Waals surface area (Å²) >= 11 is 1.46. The van der Waals surface area contributed by atoms with Gasteiger partial charge in [-0.3, -0.25) is 24.6 Å². The van der Waals surface area contributed by atoms with Gasteiger partial charge in [-0.1, -0.05) is 19.4 Å². The van der Waals surface area contributed by atoms with Crippen LogP contribution >= 0.6 is 11.3 Å². The lowest BCUT2D eigenvalue weighted by atomic mass is 9.73. The third kappa shape index (κ3) is 11.8. The molecule has 0 bridgehead atoms. The smallest absolute Gasteiger partial charge is 0.315 e. The van der Waals surface area contributed by atoms with E-state index < -0.39 is 60.1 Å². The van der Waals surface area contributed by atoms with Crippen LogP contribution in [0.4, 0.5) is 25.8 Å². The van der Waals surface area contributed by atoms with Gasteiger partial charge in [-0.15, -0.1) is 11.3 Å². The fraction of sp³-hybridized carbons (Fsp3) is 0.411. The Balaban J connectivity index is 0.916. The summed E-state index contributed by atoms with van der Waals surface area (Å²) in [6.07, 6.45) is 8.57. The monoisotopic (exact) mass is 1080 g/mol. The second-order valence-corrected chi connectivity index (χ2v) is 24.5. The Labute approximate surface area is 444 Å². The van der Waals surface area contributed by atoms with Crippen molar-refractivity contribution in [2.75, 3.05) is 56.6 Å². The number of aromatic nitrogens is 2. The molecule has 0 unspecified atom stereocenters. The lowest BCUT2D eigenvalue weighted by Gasteiger charge is -2.39. The Morgan fingerprint density at radius 3 is 2.41 bits per heavy atom. The second-order valence-electron chi connectivity index (χ2n) is 21.9. The Kier molecular flexibility index (Phi) is 15.2. The normalized spacial score (nSPS) is 19.4. The second kappa shape index (κ2) is 21.4. The number of methoxy groups -OCH3 is 1. The molecule has 6 aromatic rings. The van der Waals surface area contributed by atoms with Gasteiger partial charge in [-0.2, -0.15) is 0 Å². The molecule has 76 heavy (non-hydrogen) atoms. The van der Waals surface area contributed by atoms with Crippen LogP contribution in [0.3, 0.4) is 0 Å². The number of carbonyl (C=O) groups excluding carboxylic acids is 2. The number of carbonyl (C=O) groups is 2. The van der Waals surface area contributed by atoms with Gasteiger partial charge in [0.1, 0.15) is 34.5 Å². The number of aliphatic hydroxyl groups is 1. The van der Waals surface area contributed by atoms with Crippen molar-refractivity contribution >= 4 is 66.9 Å². The minimum atomic E-state index is -4.64. The molecule has 402 valence electrons. The SMILES string of the molecule is COC(=O)C(C)(C)c1cc(F)c(-c2csc(C3=C(CN4CCN(c5ccc(C(=O)NS(=O)(=O)c6ccc(NCC7CCC(C)(O)CC7)c([N+](=O)[O-])c6)c(Oc6cnc7[nH]ccc7c6)c5)CC4)CCC(C)(C)C3)c2)c(F)c1. The number of pyridine rings is 1. The minimum Gasteiger partial charge on any atom is -0.468 e. The number of ether oxygens (including phenoxy) is 2. The van der Waals surface area contributed by atoms with Crippen molar-refractivity contribution < 1.29 is 46.3 Å². The van der Waals surface area contributed by atoms with Crippen LogP contribution in [0.15, 0.2) is 95.0 Å². The topological polar surface area (TPSA) is 209 Å². The predicted octanol–water partition coefficient (Wildman–Crippen LogP) is 11.0. The zero-order chi connectivity index (χ0) is 54.3. The van der Waals surface area contributed by atoms with Crippen molar-refractivity contribution in [3.63, 3.8) is 0 Å². The number of piperazine rings is 1. The van der Waals surface area contributed by atoms with Gasteiger partial charge in [-0.25, -0.2) is 26.9 Å². The average molecular weight is 1080 g/mol. The van der Waals surface area contributed by atoms with E-state index in [-0.39, 0.29) is 39.5 Å². The van der Waals surface area contributed by atoms with Crippen molar-refractivity contribution in [2.45, 2.75) is 95.5 Å². The predicted molar refractivity (Wildman–Crippen MR) is 289 cm³/mol. The minimum absolute atomic E-state index is 0.0140. The van der Waals surface area contributed by atoms with Crippen molar-refractivity contribution in [2.24, 2.45) is 11.3 Å². The number of fused-ring (bicyclic) bond motifs is 1. The molecule has 4 N–H and O–H groups in total. The molecule has 1 amide bonds. The zero-order valence-corrected chi connectivity index (χ0v) is 45.1. The number of benzene rings is 3.